The number of hydrogen-bond acceptors (Lipinski definition) is 4. The van der Waals surface area contributed by atoms with E-state index in [1.54, 1.807) is 0 Å². The molecule has 0 unspecified atom stereocenters. The topological polar surface area (TPSA) is 93.0 Å². The van der Waals surface area contributed by atoms with Crippen LogP contribution in [0.1, 0.15) is 22.5 Å². The summed E-state index contributed by atoms with van der Waals surface area (Å²) in [6.45, 7) is 1.71. The van der Waals surface area contributed by atoms with Gasteiger partial charge in [0, 0.05) is 13.2 Å². The molecule has 0 atom stereocenters. The van der Waals surface area contributed by atoms with Crippen LogP contribution in [0.5, 0.6) is 0 Å². The Balaban J connectivity index is 1.58. The number of nitrogen functional groups attached to an aromatic ring is 1. The van der Waals surface area contributed by atoms with Crippen molar-refractivity contribution in [3.63, 3.8) is 0 Å². The van der Waals surface area contributed by atoms with Gasteiger partial charge in [-0.2, -0.15) is 5.10 Å². The number of hydrogen-bond donors (Lipinski definition) is 3. The number of nitrogens with zero attached hydrogens (tertiary/aromatic N) is 1. The first-order chi connectivity index (χ1) is 9.77. The molecule has 20 heavy (non-hydrogen) atoms. The van der Waals surface area contributed by atoms with Crippen molar-refractivity contribution >= 4 is 11.6 Å². The second-order valence-electron chi connectivity index (χ2n) is 4.35. The van der Waals surface area contributed by atoms with Gasteiger partial charge in [0.1, 0.15) is 5.69 Å². The minimum atomic E-state index is -0.247. The number of carbonyl (C=O) groups is 1. The second-order valence-corrected chi connectivity index (χ2v) is 4.35. The van der Waals surface area contributed by atoms with E-state index in [0.717, 1.165) is 12.0 Å². The third kappa shape index (κ3) is 4.10. The molecular formula is C14H18N4O2. The van der Waals surface area contributed by atoms with Gasteiger partial charge in [-0.05, 0) is 12.0 Å². The fourth-order valence-electron chi connectivity index (χ4n) is 1.71. The van der Waals surface area contributed by atoms with Crippen molar-refractivity contribution in [1.29, 1.82) is 0 Å². The van der Waals surface area contributed by atoms with Gasteiger partial charge in [-0.25, -0.2) is 0 Å². The predicted molar refractivity (Wildman–Crippen MR) is 76.0 cm³/mol. The van der Waals surface area contributed by atoms with Gasteiger partial charge in [-0.3, -0.25) is 9.89 Å². The Labute approximate surface area is 117 Å². The van der Waals surface area contributed by atoms with Crippen LogP contribution in [0, 0.1) is 0 Å². The van der Waals surface area contributed by atoms with Crippen molar-refractivity contribution in [1.82, 2.24) is 15.5 Å². The molecule has 0 saturated heterocycles. The summed E-state index contributed by atoms with van der Waals surface area (Å²) in [5.74, 6) is -0.247. The molecule has 0 aliphatic rings. The molecule has 0 fully saturated rings. The van der Waals surface area contributed by atoms with Crippen LogP contribution in [0.15, 0.2) is 36.5 Å². The Kier molecular flexibility index (Phi) is 5.14. The van der Waals surface area contributed by atoms with Crippen LogP contribution in [0.4, 0.5) is 5.69 Å². The average Bonchev–Trinajstić information content (AvgIpc) is 2.90. The van der Waals surface area contributed by atoms with E-state index >= 15 is 0 Å². The van der Waals surface area contributed by atoms with E-state index in [2.05, 4.69) is 15.5 Å². The van der Waals surface area contributed by atoms with Crippen molar-refractivity contribution in [2.75, 3.05) is 18.9 Å². The highest BCUT2D eigenvalue weighted by atomic mass is 16.5. The molecule has 0 aliphatic heterocycles. The summed E-state index contributed by atoms with van der Waals surface area (Å²) in [5, 5.41) is 9.01. The van der Waals surface area contributed by atoms with Gasteiger partial charge < -0.3 is 15.8 Å². The highest BCUT2D eigenvalue weighted by Gasteiger charge is 2.10. The molecule has 2 aromatic rings. The lowest BCUT2D eigenvalue weighted by atomic mass is 10.2. The Morgan fingerprint density at radius 1 is 1.35 bits per heavy atom. The first-order valence-electron chi connectivity index (χ1n) is 6.46. The number of anilines is 1. The molecule has 6 heteroatoms. The third-order valence-electron chi connectivity index (χ3n) is 2.76. The Morgan fingerprint density at radius 3 is 2.85 bits per heavy atom. The Bertz CT molecular complexity index is 539. The molecule has 1 amide bonds. The number of nitrogens with two attached hydrogens (primary N) is 1. The fourth-order valence-corrected chi connectivity index (χ4v) is 1.71. The first kappa shape index (κ1) is 14.1. The zero-order valence-electron chi connectivity index (χ0n) is 11.1. The van der Waals surface area contributed by atoms with Gasteiger partial charge in [0.2, 0.25) is 0 Å². The van der Waals surface area contributed by atoms with Gasteiger partial charge in [-0.1, -0.05) is 30.3 Å². The maximum Gasteiger partial charge on any atom is 0.271 e. The SMILES string of the molecule is Nc1cn[nH]c1C(=O)NCCCOCc1ccccc1. The molecule has 1 aromatic carbocycles. The van der Waals surface area contributed by atoms with Crippen molar-refractivity contribution in [3.05, 3.63) is 47.8 Å². The quantitative estimate of drug-likeness (QED) is 0.664. The van der Waals surface area contributed by atoms with Crippen LogP contribution in [-0.4, -0.2) is 29.3 Å². The highest BCUT2D eigenvalue weighted by Crippen LogP contribution is 2.05. The van der Waals surface area contributed by atoms with E-state index in [0.29, 0.717) is 31.1 Å². The zero-order chi connectivity index (χ0) is 14.2. The van der Waals surface area contributed by atoms with E-state index in [9.17, 15) is 4.79 Å². The number of nitrogens with one attached hydrogen (secondary N) is 2. The van der Waals surface area contributed by atoms with Crippen LogP contribution in [0.2, 0.25) is 0 Å². The summed E-state index contributed by atoms with van der Waals surface area (Å²) in [6.07, 6.45) is 2.16. The minimum absolute atomic E-state index is 0.247. The number of benzene rings is 1. The van der Waals surface area contributed by atoms with Crippen molar-refractivity contribution in [3.8, 4) is 0 Å². The molecular weight excluding hydrogens is 256 g/mol. The molecule has 1 aromatic heterocycles. The number of carbonyl (C=O) groups excluding carboxylic acids is 1. The number of amides is 1. The third-order valence-corrected chi connectivity index (χ3v) is 2.76. The maximum absolute atomic E-state index is 11.7. The molecule has 6 nitrogen and oxygen atoms in total. The predicted octanol–water partition coefficient (Wildman–Crippen LogP) is 1.33. The minimum Gasteiger partial charge on any atom is -0.396 e. The molecule has 106 valence electrons. The Hall–Kier alpha value is -2.34. The molecule has 2 rings (SSSR count). The molecule has 0 radical (unpaired) electrons. The van der Waals surface area contributed by atoms with Crippen LogP contribution in [0.25, 0.3) is 0 Å². The van der Waals surface area contributed by atoms with Crippen LogP contribution >= 0.6 is 0 Å². The number of ether oxygens (including phenoxy) is 1. The zero-order valence-corrected chi connectivity index (χ0v) is 11.1. The Morgan fingerprint density at radius 2 is 2.15 bits per heavy atom. The fraction of sp³-hybridized carbons (Fsp3) is 0.286. The number of rotatable bonds is 7. The maximum atomic E-state index is 11.7. The largest absolute Gasteiger partial charge is 0.396 e. The summed E-state index contributed by atoms with van der Waals surface area (Å²) in [7, 11) is 0. The van der Waals surface area contributed by atoms with E-state index in [-0.39, 0.29) is 5.91 Å². The molecule has 4 N–H and O–H groups in total. The van der Waals surface area contributed by atoms with Crippen LogP contribution < -0.4 is 11.1 Å². The van der Waals surface area contributed by atoms with E-state index in [4.69, 9.17) is 10.5 Å². The number of aromatic amines is 1. The van der Waals surface area contributed by atoms with Crippen molar-refractivity contribution in [2.24, 2.45) is 0 Å². The van der Waals surface area contributed by atoms with Gasteiger partial charge in [0.05, 0.1) is 18.5 Å². The monoisotopic (exact) mass is 274 g/mol. The van der Waals surface area contributed by atoms with Gasteiger partial charge in [0.25, 0.3) is 5.91 Å². The number of aromatic nitrogens is 2. The molecule has 0 bridgehead atoms. The van der Waals surface area contributed by atoms with E-state index in [1.807, 2.05) is 30.3 Å². The average molecular weight is 274 g/mol. The summed E-state index contributed by atoms with van der Waals surface area (Å²) in [5.41, 5.74) is 7.37. The molecule has 1 heterocycles. The van der Waals surface area contributed by atoms with Gasteiger partial charge >= 0.3 is 0 Å². The molecule has 0 spiro atoms. The highest BCUT2D eigenvalue weighted by molar-refractivity contribution is 5.96. The van der Waals surface area contributed by atoms with Crippen LogP contribution in [-0.2, 0) is 11.3 Å². The van der Waals surface area contributed by atoms with Crippen molar-refractivity contribution < 1.29 is 9.53 Å². The smallest absolute Gasteiger partial charge is 0.271 e. The normalized spacial score (nSPS) is 10.4. The summed E-state index contributed by atoms with van der Waals surface area (Å²) < 4.78 is 5.52. The summed E-state index contributed by atoms with van der Waals surface area (Å²) >= 11 is 0. The lowest BCUT2D eigenvalue weighted by Gasteiger charge is -2.06. The van der Waals surface area contributed by atoms with Crippen molar-refractivity contribution in [2.45, 2.75) is 13.0 Å². The molecule has 0 aliphatic carbocycles. The standard InChI is InChI=1S/C14H18N4O2/c15-12-9-17-18-13(12)14(19)16-7-4-8-20-10-11-5-2-1-3-6-11/h1-3,5-6,9H,4,7-8,10,15H2,(H,16,19)(H,17,18). The van der Waals surface area contributed by atoms with E-state index < -0.39 is 0 Å². The lowest BCUT2D eigenvalue weighted by Crippen LogP contribution is -2.26. The number of H-pyrrole nitrogens is 1. The second kappa shape index (κ2) is 7.30. The summed E-state index contributed by atoms with van der Waals surface area (Å²) in [6, 6.07) is 9.97. The summed E-state index contributed by atoms with van der Waals surface area (Å²) in [4.78, 5) is 11.7. The lowest BCUT2D eigenvalue weighted by molar-refractivity contribution is 0.0930. The van der Waals surface area contributed by atoms with Gasteiger partial charge in [-0.15, -0.1) is 0 Å². The molecule has 0 saturated carbocycles. The van der Waals surface area contributed by atoms with E-state index in [1.165, 1.54) is 6.20 Å². The van der Waals surface area contributed by atoms with Crippen LogP contribution in [0.3, 0.4) is 0 Å². The van der Waals surface area contributed by atoms with Gasteiger partial charge in [0.15, 0.2) is 0 Å². The first-order valence-corrected chi connectivity index (χ1v) is 6.46.